The van der Waals surface area contributed by atoms with E-state index in [1.54, 1.807) is 0 Å². The van der Waals surface area contributed by atoms with Crippen LogP contribution in [-0.4, -0.2) is 0 Å². The lowest BCUT2D eigenvalue weighted by atomic mass is 9.80. The fourth-order valence-electron chi connectivity index (χ4n) is 11.3. The topological polar surface area (TPSA) is 3.24 Å². The van der Waals surface area contributed by atoms with Crippen molar-refractivity contribution in [2.24, 2.45) is 0 Å². The predicted octanol–water partition coefficient (Wildman–Crippen LogP) is 16.3. The minimum Gasteiger partial charge on any atom is -0.310 e. The molecule has 0 radical (unpaired) electrons. The summed E-state index contributed by atoms with van der Waals surface area (Å²) in [7, 11) is 0. The van der Waals surface area contributed by atoms with Crippen molar-refractivity contribution in [3.05, 3.63) is 245 Å². The van der Waals surface area contributed by atoms with Gasteiger partial charge in [-0.05, 0) is 131 Å². The van der Waals surface area contributed by atoms with E-state index in [4.69, 9.17) is 0 Å². The Hall–Kier alpha value is -7.22. The van der Waals surface area contributed by atoms with Crippen molar-refractivity contribution < 1.29 is 0 Å². The summed E-state index contributed by atoms with van der Waals surface area (Å²) in [5, 5.41) is 0. The highest BCUT2D eigenvalue weighted by Gasteiger charge is 2.41. The molecule has 62 heavy (non-hydrogen) atoms. The summed E-state index contributed by atoms with van der Waals surface area (Å²) < 4.78 is 0. The Labute approximate surface area is 365 Å². The minimum absolute atomic E-state index is 0.117. The molecule has 0 spiro atoms. The normalized spacial score (nSPS) is 14.6. The highest BCUT2D eigenvalue weighted by molar-refractivity contribution is 5.92. The molecule has 0 atom stereocenters. The van der Waals surface area contributed by atoms with Gasteiger partial charge in [0.2, 0.25) is 0 Å². The second-order valence-electron chi connectivity index (χ2n) is 18.4. The first-order chi connectivity index (χ1) is 30.3. The Kier molecular flexibility index (Phi) is 8.06. The summed E-state index contributed by atoms with van der Waals surface area (Å²) in [6.45, 7) is 9.58. The maximum Gasteiger partial charge on any atom is 0.0465 e. The first-order valence-electron chi connectivity index (χ1n) is 22.0. The molecule has 0 N–H and O–H groups in total. The van der Waals surface area contributed by atoms with Gasteiger partial charge in [-0.1, -0.05) is 198 Å². The van der Waals surface area contributed by atoms with Crippen molar-refractivity contribution in [3.8, 4) is 55.6 Å². The van der Waals surface area contributed by atoms with Gasteiger partial charge in [0.05, 0.1) is 0 Å². The smallest absolute Gasteiger partial charge is 0.0465 e. The molecule has 3 aliphatic rings. The standard InChI is InChI=1S/C61H47N/c1-60(2)54-27-15-14-23-48(54)49-35-33-42(37-56(49)60)62(41-31-29-40(30-32-41)45-20-9-8-19-44(45)39-17-6-5-7-18-39)43-34-36-52-57(38-43)61(3,4)55-28-16-26-53(59(52)55)58-50-24-12-10-21-46(50)47-22-11-13-25-51(47)58/h5-38,58H,1-4H3. The molecule has 0 aromatic heterocycles. The summed E-state index contributed by atoms with van der Waals surface area (Å²) in [5.74, 6) is 0.180. The molecule has 0 bridgehead atoms. The van der Waals surface area contributed by atoms with Crippen LogP contribution in [0.5, 0.6) is 0 Å². The highest BCUT2D eigenvalue weighted by atomic mass is 15.1. The Morgan fingerprint density at radius 1 is 0.306 bits per heavy atom. The van der Waals surface area contributed by atoms with Crippen LogP contribution < -0.4 is 4.90 Å². The minimum atomic E-state index is -0.202. The molecule has 0 unspecified atom stereocenters. The number of nitrogens with zero attached hydrogens (tertiary/aromatic N) is 1. The van der Waals surface area contributed by atoms with Gasteiger partial charge in [0.15, 0.2) is 0 Å². The summed E-state index contributed by atoms with van der Waals surface area (Å²) in [6, 6.07) is 77.1. The van der Waals surface area contributed by atoms with E-state index in [1.165, 1.54) is 94.6 Å². The number of hydrogen-bond acceptors (Lipinski definition) is 1. The molecular formula is C61H47N. The zero-order chi connectivity index (χ0) is 41.7. The van der Waals surface area contributed by atoms with Gasteiger partial charge in [0, 0.05) is 33.8 Å². The van der Waals surface area contributed by atoms with E-state index in [2.05, 4.69) is 239 Å². The van der Waals surface area contributed by atoms with Gasteiger partial charge in [-0.15, -0.1) is 0 Å². The number of hydrogen-bond donors (Lipinski definition) is 0. The molecule has 0 saturated carbocycles. The monoisotopic (exact) mass is 793 g/mol. The lowest BCUT2D eigenvalue weighted by molar-refractivity contribution is 0.659. The van der Waals surface area contributed by atoms with Gasteiger partial charge in [0.25, 0.3) is 0 Å². The second kappa shape index (κ2) is 13.6. The van der Waals surface area contributed by atoms with Crippen molar-refractivity contribution >= 4 is 17.1 Å². The molecule has 0 heterocycles. The maximum atomic E-state index is 2.49. The zero-order valence-electron chi connectivity index (χ0n) is 35.7. The van der Waals surface area contributed by atoms with E-state index in [9.17, 15) is 0 Å². The number of anilines is 3. The van der Waals surface area contributed by atoms with Crippen molar-refractivity contribution in [1.29, 1.82) is 0 Å². The Balaban J connectivity index is 1.01. The molecule has 1 nitrogen and oxygen atoms in total. The van der Waals surface area contributed by atoms with Gasteiger partial charge in [-0.2, -0.15) is 0 Å². The van der Waals surface area contributed by atoms with Crippen LogP contribution in [0.2, 0.25) is 0 Å². The van der Waals surface area contributed by atoms with Crippen molar-refractivity contribution in [3.63, 3.8) is 0 Å². The molecule has 12 rings (SSSR count). The second-order valence-corrected chi connectivity index (χ2v) is 18.4. The fourth-order valence-corrected chi connectivity index (χ4v) is 11.3. The molecule has 0 aliphatic heterocycles. The van der Waals surface area contributed by atoms with E-state index < -0.39 is 0 Å². The first-order valence-corrected chi connectivity index (χ1v) is 22.0. The summed E-state index contributed by atoms with van der Waals surface area (Å²) >= 11 is 0. The SMILES string of the molecule is CC1(C)c2ccccc2-c2ccc(N(c3ccc(-c4ccccc4-c4ccccc4)cc3)c3ccc4c(c3)C(C)(C)c3cccc(C5c6ccccc6-c6ccccc65)c3-4)cc21. The molecule has 0 fully saturated rings. The van der Waals surface area contributed by atoms with Gasteiger partial charge >= 0.3 is 0 Å². The highest BCUT2D eigenvalue weighted by Crippen LogP contribution is 2.57. The Morgan fingerprint density at radius 3 is 1.39 bits per heavy atom. The largest absolute Gasteiger partial charge is 0.310 e. The molecular weight excluding hydrogens is 747 g/mol. The maximum absolute atomic E-state index is 2.49. The molecule has 1 heteroatoms. The molecule has 3 aliphatic carbocycles. The third-order valence-corrected chi connectivity index (χ3v) is 14.4. The van der Waals surface area contributed by atoms with Gasteiger partial charge in [-0.25, -0.2) is 0 Å². The van der Waals surface area contributed by atoms with Crippen molar-refractivity contribution in [2.45, 2.75) is 44.4 Å². The average Bonchev–Trinajstić information content (AvgIpc) is 3.86. The lowest BCUT2D eigenvalue weighted by Crippen LogP contribution is -2.18. The van der Waals surface area contributed by atoms with Crippen LogP contribution in [0, 0.1) is 0 Å². The third-order valence-electron chi connectivity index (χ3n) is 14.4. The Morgan fingerprint density at radius 2 is 0.742 bits per heavy atom. The zero-order valence-corrected chi connectivity index (χ0v) is 35.7. The Bertz CT molecular complexity index is 3190. The fraction of sp³-hybridized carbons (Fsp3) is 0.115. The van der Waals surface area contributed by atoms with Gasteiger partial charge in [-0.3, -0.25) is 0 Å². The quantitative estimate of drug-likeness (QED) is 0.162. The first kappa shape index (κ1) is 36.6. The van der Waals surface area contributed by atoms with Crippen LogP contribution in [0.1, 0.15) is 72.6 Å². The van der Waals surface area contributed by atoms with E-state index in [0.29, 0.717) is 0 Å². The van der Waals surface area contributed by atoms with Crippen LogP contribution in [0.4, 0.5) is 17.1 Å². The number of rotatable bonds is 6. The van der Waals surface area contributed by atoms with Gasteiger partial charge < -0.3 is 4.90 Å². The summed E-state index contributed by atoms with van der Waals surface area (Å²) in [5.41, 5.74) is 25.8. The van der Waals surface area contributed by atoms with E-state index >= 15 is 0 Å². The van der Waals surface area contributed by atoms with Crippen LogP contribution in [-0.2, 0) is 10.8 Å². The molecule has 0 amide bonds. The molecule has 9 aromatic carbocycles. The number of benzene rings is 9. The van der Waals surface area contributed by atoms with Crippen molar-refractivity contribution in [2.75, 3.05) is 4.90 Å². The molecule has 296 valence electrons. The molecule has 9 aromatic rings. The average molecular weight is 794 g/mol. The lowest BCUT2D eigenvalue weighted by Gasteiger charge is -2.30. The predicted molar refractivity (Wildman–Crippen MR) is 260 cm³/mol. The third kappa shape index (κ3) is 5.34. The van der Waals surface area contributed by atoms with Crippen molar-refractivity contribution in [1.82, 2.24) is 0 Å². The number of fused-ring (bicyclic) bond motifs is 9. The van der Waals surface area contributed by atoms with Crippen LogP contribution >= 0.6 is 0 Å². The van der Waals surface area contributed by atoms with E-state index in [0.717, 1.165) is 17.1 Å². The van der Waals surface area contributed by atoms with Gasteiger partial charge in [0.1, 0.15) is 0 Å². The van der Waals surface area contributed by atoms with Crippen LogP contribution in [0.3, 0.4) is 0 Å². The van der Waals surface area contributed by atoms with Crippen LogP contribution in [0.15, 0.2) is 206 Å². The summed E-state index contributed by atoms with van der Waals surface area (Å²) in [4.78, 5) is 2.48. The summed E-state index contributed by atoms with van der Waals surface area (Å²) in [6.07, 6.45) is 0. The van der Waals surface area contributed by atoms with E-state index in [-0.39, 0.29) is 16.7 Å². The van der Waals surface area contributed by atoms with Crippen LogP contribution in [0.25, 0.3) is 55.6 Å². The molecule has 0 saturated heterocycles. The van der Waals surface area contributed by atoms with E-state index in [1.807, 2.05) is 0 Å².